The Morgan fingerprint density at radius 3 is 2.47 bits per heavy atom. The van der Waals surface area contributed by atoms with Crippen LogP contribution >= 0.6 is 0 Å². The van der Waals surface area contributed by atoms with Crippen molar-refractivity contribution in [2.24, 2.45) is 5.73 Å². The summed E-state index contributed by atoms with van der Waals surface area (Å²) in [6, 6.07) is 4.81. The van der Waals surface area contributed by atoms with Gasteiger partial charge in [-0.2, -0.15) is 0 Å². The molecule has 1 amide bonds. The Hall–Kier alpha value is -1.56. The van der Waals surface area contributed by atoms with E-state index < -0.39 is 15.9 Å². The molecule has 6 heteroatoms. The predicted molar refractivity (Wildman–Crippen MR) is 58.2 cm³/mol. The first-order valence-corrected chi connectivity index (χ1v) is 6.07. The Labute approximate surface area is 88.3 Å². The van der Waals surface area contributed by atoms with Crippen LogP contribution in [0.2, 0.25) is 0 Å². The van der Waals surface area contributed by atoms with Crippen LogP contribution in [-0.4, -0.2) is 20.6 Å². The molecule has 0 unspecified atom stereocenters. The molecule has 1 aromatic carbocycles. The zero-order valence-electron chi connectivity index (χ0n) is 8.44. The molecular formula is C9H12N2O3S. The van der Waals surface area contributed by atoms with E-state index in [9.17, 15) is 13.2 Å². The Morgan fingerprint density at radius 1 is 1.40 bits per heavy atom. The maximum absolute atomic E-state index is 11.1. The highest BCUT2D eigenvalue weighted by Gasteiger charge is 2.13. The molecule has 15 heavy (non-hydrogen) atoms. The lowest BCUT2D eigenvalue weighted by Gasteiger charge is -2.10. The first-order chi connectivity index (χ1) is 6.81. The summed E-state index contributed by atoms with van der Waals surface area (Å²) in [7, 11) is -3.41. The molecule has 0 radical (unpaired) electrons. The SMILES string of the molecule is Cc1cccc(C(N)=O)c1NS(C)(=O)=O. The molecule has 0 aliphatic heterocycles. The summed E-state index contributed by atoms with van der Waals surface area (Å²) in [5.74, 6) is -0.662. The molecular weight excluding hydrogens is 216 g/mol. The van der Waals surface area contributed by atoms with Crippen molar-refractivity contribution in [2.75, 3.05) is 11.0 Å². The van der Waals surface area contributed by atoms with E-state index in [1.54, 1.807) is 19.1 Å². The lowest BCUT2D eigenvalue weighted by molar-refractivity contribution is 0.100. The molecule has 1 rings (SSSR count). The van der Waals surface area contributed by atoms with Gasteiger partial charge in [0.15, 0.2) is 0 Å². The molecule has 0 fully saturated rings. The summed E-state index contributed by atoms with van der Waals surface area (Å²) in [4.78, 5) is 11.0. The van der Waals surface area contributed by atoms with Crippen LogP contribution in [0.3, 0.4) is 0 Å². The Kier molecular flexibility index (Phi) is 2.99. The van der Waals surface area contributed by atoms with Crippen LogP contribution in [0.5, 0.6) is 0 Å². The topological polar surface area (TPSA) is 89.3 Å². The highest BCUT2D eigenvalue weighted by atomic mass is 32.2. The number of amides is 1. The molecule has 0 spiro atoms. The van der Waals surface area contributed by atoms with E-state index in [-0.39, 0.29) is 11.3 Å². The molecule has 1 aromatic rings. The summed E-state index contributed by atoms with van der Waals surface area (Å²) in [6.45, 7) is 1.69. The standard InChI is InChI=1S/C9H12N2O3S/c1-6-4-3-5-7(9(10)12)8(6)11-15(2,13)14/h3-5,11H,1-2H3,(H2,10,12). The van der Waals surface area contributed by atoms with Gasteiger partial charge in [0.2, 0.25) is 10.0 Å². The van der Waals surface area contributed by atoms with Gasteiger partial charge in [-0.3, -0.25) is 9.52 Å². The zero-order chi connectivity index (χ0) is 11.6. The Morgan fingerprint density at radius 2 is 2.00 bits per heavy atom. The third-order valence-corrected chi connectivity index (χ3v) is 2.40. The first-order valence-electron chi connectivity index (χ1n) is 4.18. The summed E-state index contributed by atoms with van der Waals surface area (Å²) >= 11 is 0. The van der Waals surface area contributed by atoms with Crippen LogP contribution in [0, 0.1) is 6.92 Å². The number of primary amides is 1. The fourth-order valence-corrected chi connectivity index (χ4v) is 1.84. The van der Waals surface area contributed by atoms with Gasteiger partial charge in [0.25, 0.3) is 5.91 Å². The van der Waals surface area contributed by atoms with Gasteiger partial charge >= 0.3 is 0 Å². The van der Waals surface area contributed by atoms with Crippen LogP contribution in [0.1, 0.15) is 15.9 Å². The van der Waals surface area contributed by atoms with Crippen LogP contribution in [-0.2, 0) is 10.0 Å². The molecule has 0 aliphatic rings. The molecule has 0 saturated heterocycles. The van der Waals surface area contributed by atoms with Crippen molar-refractivity contribution in [3.63, 3.8) is 0 Å². The van der Waals surface area contributed by atoms with Crippen molar-refractivity contribution in [2.45, 2.75) is 6.92 Å². The molecule has 0 aromatic heterocycles. The molecule has 82 valence electrons. The van der Waals surface area contributed by atoms with E-state index in [0.29, 0.717) is 5.56 Å². The van der Waals surface area contributed by atoms with E-state index in [1.807, 2.05) is 0 Å². The van der Waals surface area contributed by atoms with Crippen molar-refractivity contribution in [3.8, 4) is 0 Å². The van der Waals surface area contributed by atoms with Crippen molar-refractivity contribution in [1.82, 2.24) is 0 Å². The highest BCUT2D eigenvalue weighted by molar-refractivity contribution is 7.92. The summed E-state index contributed by atoms with van der Waals surface area (Å²) < 4.78 is 24.4. The van der Waals surface area contributed by atoms with Crippen LogP contribution in [0.4, 0.5) is 5.69 Å². The van der Waals surface area contributed by atoms with Crippen molar-refractivity contribution in [1.29, 1.82) is 0 Å². The number of benzene rings is 1. The largest absolute Gasteiger partial charge is 0.366 e. The van der Waals surface area contributed by atoms with Gasteiger partial charge in [0, 0.05) is 0 Å². The Bertz CT molecular complexity index is 494. The van der Waals surface area contributed by atoms with Gasteiger partial charge < -0.3 is 5.73 Å². The quantitative estimate of drug-likeness (QED) is 0.787. The predicted octanol–water partition coefficient (Wildman–Crippen LogP) is 0.465. The highest BCUT2D eigenvalue weighted by Crippen LogP contribution is 2.20. The third-order valence-electron chi connectivity index (χ3n) is 1.83. The number of carbonyl (C=O) groups excluding carboxylic acids is 1. The number of nitrogens with one attached hydrogen (secondary N) is 1. The maximum Gasteiger partial charge on any atom is 0.250 e. The summed E-state index contributed by atoms with van der Waals surface area (Å²) in [5, 5.41) is 0. The fraction of sp³-hybridized carbons (Fsp3) is 0.222. The summed E-state index contributed by atoms with van der Waals surface area (Å²) in [6.07, 6.45) is 1.02. The van der Waals surface area contributed by atoms with Gasteiger partial charge in [0.1, 0.15) is 0 Å². The van der Waals surface area contributed by atoms with E-state index in [0.717, 1.165) is 6.26 Å². The van der Waals surface area contributed by atoms with Crippen LogP contribution < -0.4 is 10.5 Å². The number of carbonyl (C=O) groups is 1. The molecule has 0 atom stereocenters. The molecule has 0 heterocycles. The lowest BCUT2D eigenvalue weighted by atomic mass is 10.1. The monoisotopic (exact) mass is 228 g/mol. The van der Waals surface area contributed by atoms with E-state index in [1.165, 1.54) is 6.07 Å². The molecule has 0 aliphatic carbocycles. The fourth-order valence-electron chi connectivity index (χ4n) is 1.19. The lowest BCUT2D eigenvalue weighted by Crippen LogP contribution is -2.18. The zero-order valence-corrected chi connectivity index (χ0v) is 9.26. The average molecular weight is 228 g/mol. The van der Waals surface area contributed by atoms with Crippen LogP contribution in [0.15, 0.2) is 18.2 Å². The molecule has 0 saturated carbocycles. The number of para-hydroxylation sites is 1. The first kappa shape index (κ1) is 11.5. The summed E-state index contributed by atoms with van der Waals surface area (Å²) in [5.41, 5.74) is 6.19. The minimum atomic E-state index is -3.41. The number of anilines is 1. The van der Waals surface area contributed by atoms with E-state index >= 15 is 0 Å². The van der Waals surface area contributed by atoms with Gasteiger partial charge in [0.05, 0.1) is 17.5 Å². The van der Waals surface area contributed by atoms with E-state index in [2.05, 4.69) is 4.72 Å². The minimum Gasteiger partial charge on any atom is -0.366 e. The smallest absolute Gasteiger partial charge is 0.250 e. The number of hydrogen-bond donors (Lipinski definition) is 2. The second kappa shape index (κ2) is 3.90. The van der Waals surface area contributed by atoms with Crippen LogP contribution in [0.25, 0.3) is 0 Å². The average Bonchev–Trinajstić information content (AvgIpc) is 2.05. The molecule has 0 bridgehead atoms. The minimum absolute atomic E-state index is 0.167. The van der Waals surface area contributed by atoms with Crippen molar-refractivity contribution < 1.29 is 13.2 Å². The maximum atomic E-state index is 11.1. The normalized spacial score (nSPS) is 11.1. The van der Waals surface area contributed by atoms with E-state index in [4.69, 9.17) is 5.73 Å². The molecule has 5 nitrogen and oxygen atoms in total. The number of nitrogens with two attached hydrogens (primary N) is 1. The number of hydrogen-bond acceptors (Lipinski definition) is 3. The number of rotatable bonds is 3. The molecule has 3 N–H and O–H groups in total. The number of aryl methyl sites for hydroxylation is 1. The van der Waals surface area contributed by atoms with Gasteiger partial charge in [-0.25, -0.2) is 8.42 Å². The van der Waals surface area contributed by atoms with Gasteiger partial charge in [-0.15, -0.1) is 0 Å². The third kappa shape index (κ3) is 2.95. The van der Waals surface area contributed by atoms with Crippen molar-refractivity contribution >= 4 is 21.6 Å². The van der Waals surface area contributed by atoms with Crippen molar-refractivity contribution in [3.05, 3.63) is 29.3 Å². The Balaban J connectivity index is 3.32. The van der Waals surface area contributed by atoms with Gasteiger partial charge in [-0.05, 0) is 18.6 Å². The van der Waals surface area contributed by atoms with Gasteiger partial charge in [-0.1, -0.05) is 12.1 Å². The second-order valence-corrected chi connectivity index (χ2v) is 4.98. The number of sulfonamides is 1. The second-order valence-electron chi connectivity index (χ2n) is 3.24.